The zero-order valence-corrected chi connectivity index (χ0v) is 13.4. The molecule has 2 amide bonds. The molecule has 0 bridgehead atoms. The van der Waals surface area contributed by atoms with Crippen LogP contribution in [-0.2, 0) is 16.1 Å². The Morgan fingerprint density at radius 3 is 2.65 bits per heavy atom. The van der Waals surface area contributed by atoms with Gasteiger partial charge in [-0.05, 0) is 28.5 Å². The van der Waals surface area contributed by atoms with Crippen molar-refractivity contribution < 1.29 is 19.4 Å². The number of carbonyl (C=O) groups excluding carboxylic acids is 2. The Labute approximate surface area is 138 Å². The summed E-state index contributed by atoms with van der Waals surface area (Å²) in [6, 6.07) is 8.99. The predicted molar refractivity (Wildman–Crippen MR) is 87.1 cm³/mol. The van der Waals surface area contributed by atoms with Crippen LogP contribution in [-0.4, -0.2) is 30.6 Å². The normalized spacial score (nSPS) is 11.6. The molecule has 0 aliphatic rings. The number of para-hydroxylation sites is 1. The van der Waals surface area contributed by atoms with Crippen molar-refractivity contribution >= 4 is 23.2 Å². The molecule has 0 aliphatic heterocycles. The van der Waals surface area contributed by atoms with E-state index in [-0.39, 0.29) is 13.1 Å². The van der Waals surface area contributed by atoms with E-state index < -0.39 is 17.9 Å². The molecule has 23 heavy (non-hydrogen) atoms. The van der Waals surface area contributed by atoms with Crippen molar-refractivity contribution in [1.29, 1.82) is 0 Å². The first-order valence-electron chi connectivity index (χ1n) is 7.00. The molecule has 1 unspecified atom stereocenters. The first-order valence-corrected chi connectivity index (χ1v) is 7.94. The van der Waals surface area contributed by atoms with Gasteiger partial charge in [-0.2, -0.15) is 11.3 Å². The summed E-state index contributed by atoms with van der Waals surface area (Å²) in [4.78, 5) is 23.5. The second-order valence-electron chi connectivity index (χ2n) is 4.78. The number of hydrogen-bond acceptors (Lipinski definition) is 5. The predicted octanol–water partition coefficient (Wildman–Crippen LogP) is 1.22. The lowest BCUT2D eigenvalue weighted by molar-refractivity contribution is -0.139. The van der Waals surface area contributed by atoms with Gasteiger partial charge in [0.1, 0.15) is 5.75 Å². The maximum atomic E-state index is 11.8. The van der Waals surface area contributed by atoms with E-state index >= 15 is 0 Å². The van der Waals surface area contributed by atoms with Gasteiger partial charge in [0.15, 0.2) is 0 Å². The Morgan fingerprint density at radius 1 is 1.22 bits per heavy atom. The largest absolute Gasteiger partial charge is 0.496 e. The summed E-state index contributed by atoms with van der Waals surface area (Å²) >= 11 is 1.45. The average molecular weight is 334 g/mol. The Kier molecular flexibility index (Phi) is 6.13. The zero-order valence-electron chi connectivity index (χ0n) is 12.6. The van der Waals surface area contributed by atoms with E-state index in [1.165, 1.54) is 11.3 Å². The molecule has 2 rings (SSSR count). The van der Waals surface area contributed by atoms with E-state index in [4.69, 9.17) is 4.74 Å². The van der Waals surface area contributed by atoms with Gasteiger partial charge >= 0.3 is 11.8 Å². The monoisotopic (exact) mass is 334 g/mol. The molecule has 0 aliphatic carbocycles. The third-order valence-electron chi connectivity index (χ3n) is 3.22. The molecule has 0 radical (unpaired) electrons. The molecule has 2 aromatic rings. The van der Waals surface area contributed by atoms with E-state index in [1.54, 1.807) is 30.7 Å². The molecule has 122 valence electrons. The minimum Gasteiger partial charge on any atom is -0.496 e. The quantitative estimate of drug-likeness (QED) is 0.693. The highest BCUT2D eigenvalue weighted by molar-refractivity contribution is 7.07. The first kappa shape index (κ1) is 17.0. The molecule has 0 saturated carbocycles. The molecule has 3 N–H and O–H groups in total. The Morgan fingerprint density at radius 2 is 1.96 bits per heavy atom. The fourth-order valence-corrected chi connectivity index (χ4v) is 2.66. The minimum atomic E-state index is -0.827. The molecular weight excluding hydrogens is 316 g/mol. The van der Waals surface area contributed by atoms with Crippen molar-refractivity contribution in [3.63, 3.8) is 0 Å². The van der Waals surface area contributed by atoms with Gasteiger partial charge in [-0.15, -0.1) is 0 Å². The number of carbonyl (C=O) groups is 2. The maximum absolute atomic E-state index is 11.8. The van der Waals surface area contributed by atoms with Crippen LogP contribution in [0.4, 0.5) is 0 Å². The smallest absolute Gasteiger partial charge is 0.309 e. The number of amides is 2. The van der Waals surface area contributed by atoms with Gasteiger partial charge < -0.3 is 20.5 Å². The number of hydrogen-bond donors (Lipinski definition) is 3. The number of aliphatic hydroxyl groups is 1. The Bertz CT molecular complexity index is 658. The highest BCUT2D eigenvalue weighted by Gasteiger charge is 2.16. The van der Waals surface area contributed by atoms with Gasteiger partial charge in [0.25, 0.3) is 0 Å². The summed E-state index contributed by atoms with van der Waals surface area (Å²) in [5, 5.41) is 18.4. The molecule has 1 atom stereocenters. The minimum absolute atomic E-state index is 0.0162. The average Bonchev–Trinajstić information content (AvgIpc) is 3.12. The van der Waals surface area contributed by atoms with Gasteiger partial charge in [-0.25, -0.2) is 0 Å². The summed E-state index contributed by atoms with van der Waals surface area (Å²) < 4.78 is 5.17. The fourth-order valence-electron chi connectivity index (χ4n) is 1.96. The van der Waals surface area contributed by atoms with E-state index in [0.717, 1.165) is 5.56 Å². The molecule has 7 heteroatoms. The summed E-state index contributed by atoms with van der Waals surface area (Å²) in [5.41, 5.74) is 1.49. The van der Waals surface area contributed by atoms with E-state index in [2.05, 4.69) is 10.6 Å². The number of rotatable bonds is 6. The van der Waals surface area contributed by atoms with Crippen LogP contribution in [0, 0.1) is 0 Å². The van der Waals surface area contributed by atoms with Crippen LogP contribution in [0.3, 0.4) is 0 Å². The first-order chi connectivity index (χ1) is 11.1. The van der Waals surface area contributed by atoms with Gasteiger partial charge in [-0.1, -0.05) is 18.2 Å². The highest BCUT2D eigenvalue weighted by Crippen LogP contribution is 2.17. The Hall–Kier alpha value is -2.38. The topological polar surface area (TPSA) is 87.7 Å². The van der Waals surface area contributed by atoms with E-state index in [1.807, 2.05) is 17.5 Å². The molecule has 0 fully saturated rings. The van der Waals surface area contributed by atoms with Crippen LogP contribution in [0.1, 0.15) is 17.2 Å². The SMILES string of the molecule is COc1ccccc1CNC(=O)C(=O)NCC(O)c1ccsc1. The number of thiophene rings is 1. The van der Waals surface area contributed by atoms with Crippen molar-refractivity contribution in [2.24, 2.45) is 0 Å². The van der Waals surface area contributed by atoms with E-state index in [0.29, 0.717) is 11.3 Å². The summed E-state index contributed by atoms with van der Waals surface area (Å²) in [7, 11) is 1.54. The standard InChI is InChI=1S/C16H18N2O4S/c1-22-14-5-3-2-4-11(14)8-17-15(20)16(21)18-9-13(19)12-6-7-23-10-12/h2-7,10,13,19H,8-9H2,1H3,(H,17,20)(H,18,21). The highest BCUT2D eigenvalue weighted by atomic mass is 32.1. The number of nitrogens with one attached hydrogen (secondary N) is 2. The fraction of sp³-hybridized carbons (Fsp3) is 0.250. The molecule has 0 spiro atoms. The lowest BCUT2D eigenvalue weighted by atomic mass is 10.2. The molecule has 1 aromatic heterocycles. The van der Waals surface area contributed by atoms with Crippen molar-refractivity contribution in [2.45, 2.75) is 12.6 Å². The second-order valence-corrected chi connectivity index (χ2v) is 5.56. The molecule has 6 nitrogen and oxygen atoms in total. The van der Waals surface area contributed by atoms with Gasteiger partial charge in [0, 0.05) is 18.7 Å². The summed E-state index contributed by atoms with van der Waals surface area (Å²) in [6.07, 6.45) is -0.827. The Balaban J connectivity index is 1.80. The molecule has 0 saturated heterocycles. The zero-order chi connectivity index (χ0) is 16.7. The molecule has 1 heterocycles. The maximum Gasteiger partial charge on any atom is 0.309 e. The number of ether oxygens (including phenoxy) is 1. The number of aliphatic hydroxyl groups excluding tert-OH is 1. The van der Waals surface area contributed by atoms with Crippen LogP contribution in [0.25, 0.3) is 0 Å². The van der Waals surface area contributed by atoms with Crippen LogP contribution < -0.4 is 15.4 Å². The lowest BCUT2D eigenvalue weighted by Gasteiger charge is -2.11. The number of benzene rings is 1. The molecule has 1 aromatic carbocycles. The van der Waals surface area contributed by atoms with Crippen LogP contribution in [0.5, 0.6) is 5.75 Å². The third-order valence-corrected chi connectivity index (χ3v) is 3.92. The van der Waals surface area contributed by atoms with Gasteiger partial charge in [0.05, 0.1) is 13.2 Å². The number of methoxy groups -OCH3 is 1. The molecular formula is C16H18N2O4S. The van der Waals surface area contributed by atoms with Crippen LogP contribution in [0.15, 0.2) is 41.1 Å². The van der Waals surface area contributed by atoms with Gasteiger partial charge in [-0.3, -0.25) is 9.59 Å². The lowest BCUT2D eigenvalue weighted by Crippen LogP contribution is -2.41. The van der Waals surface area contributed by atoms with Gasteiger partial charge in [0.2, 0.25) is 0 Å². The summed E-state index contributed by atoms with van der Waals surface area (Å²) in [5.74, 6) is -0.899. The van der Waals surface area contributed by atoms with E-state index in [9.17, 15) is 14.7 Å². The van der Waals surface area contributed by atoms with Crippen molar-refractivity contribution in [1.82, 2.24) is 10.6 Å². The van der Waals surface area contributed by atoms with Crippen molar-refractivity contribution in [3.8, 4) is 5.75 Å². The van der Waals surface area contributed by atoms with Crippen LogP contribution in [0.2, 0.25) is 0 Å². The summed E-state index contributed by atoms with van der Waals surface area (Å²) in [6.45, 7) is 0.168. The second kappa shape index (κ2) is 8.30. The van der Waals surface area contributed by atoms with Crippen molar-refractivity contribution in [3.05, 3.63) is 52.2 Å². The third kappa shape index (κ3) is 4.80. The van der Waals surface area contributed by atoms with Crippen molar-refractivity contribution in [2.75, 3.05) is 13.7 Å². The van der Waals surface area contributed by atoms with Crippen LogP contribution >= 0.6 is 11.3 Å².